The van der Waals surface area contributed by atoms with Crippen LogP contribution in [0.25, 0.3) is 10.9 Å². The van der Waals surface area contributed by atoms with E-state index in [1.54, 1.807) is 36.9 Å². The van der Waals surface area contributed by atoms with E-state index in [2.05, 4.69) is 15.1 Å². The van der Waals surface area contributed by atoms with Crippen molar-refractivity contribution in [3.05, 3.63) is 47.7 Å². The highest BCUT2D eigenvalue weighted by Crippen LogP contribution is 2.20. The molecular formula is C18H18F2N4O3. The Kier molecular flexibility index (Phi) is 5.58. The van der Waals surface area contributed by atoms with E-state index < -0.39 is 19.0 Å². The molecule has 0 aromatic carbocycles. The van der Waals surface area contributed by atoms with Crippen molar-refractivity contribution in [2.75, 3.05) is 13.2 Å². The number of aromatic nitrogens is 4. The Hall–Kier alpha value is -3.10. The monoisotopic (exact) mass is 376 g/mol. The van der Waals surface area contributed by atoms with Crippen molar-refractivity contribution in [3.8, 4) is 5.75 Å². The van der Waals surface area contributed by atoms with Crippen LogP contribution in [0.2, 0.25) is 0 Å². The molecule has 0 amide bonds. The van der Waals surface area contributed by atoms with E-state index >= 15 is 0 Å². The van der Waals surface area contributed by atoms with Gasteiger partial charge in [-0.15, -0.1) is 0 Å². The van der Waals surface area contributed by atoms with Crippen LogP contribution in [0.4, 0.5) is 8.78 Å². The summed E-state index contributed by atoms with van der Waals surface area (Å²) in [7, 11) is 0. The van der Waals surface area contributed by atoms with Gasteiger partial charge in [-0.25, -0.2) is 18.6 Å². The first kappa shape index (κ1) is 18.7. The van der Waals surface area contributed by atoms with E-state index in [1.807, 2.05) is 0 Å². The second kappa shape index (κ2) is 8.07. The Bertz CT molecular complexity index is 959. The molecule has 0 spiro atoms. The lowest BCUT2D eigenvalue weighted by molar-refractivity contribution is 0.0522. The standard InChI is InChI=1S/C18H18F2N4O3/c1-3-26-18(25)17-13-9-24(23-14(13)4-5-21-17)8-12-6-11(2)15(7-22-12)27-10-16(19)20/h4-7,9,16H,3,8,10H2,1-2H3. The van der Waals surface area contributed by atoms with Gasteiger partial charge in [-0.3, -0.25) is 9.67 Å². The number of ether oxygens (including phenoxy) is 2. The van der Waals surface area contributed by atoms with Gasteiger partial charge in [-0.05, 0) is 31.5 Å². The fourth-order valence-electron chi connectivity index (χ4n) is 2.59. The van der Waals surface area contributed by atoms with Crippen LogP contribution in [0.5, 0.6) is 5.75 Å². The number of halogens is 2. The van der Waals surface area contributed by atoms with E-state index in [0.717, 1.165) is 0 Å². The van der Waals surface area contributed by atoms with Gasteiger partial charge in [0.2, 0.25) is 0 Å². The molecule has 0 saturated carbocycles. The van der Waals surface area contributed by atoms with E-state index in [0.29, 0.717) is 34.5 Å². The second-order valence-corrected chi connectivity index (χ2v) is 5.78. The van der Waals surface area contributed by atoms with Gasteiger partial charge in [0, 0.05) is 12.4 Å². The maximum atomic E-state index is 12.3. The summed E-state index contributed by atoms with van der Waals surface area (Å²) in [5.41, 5.74) is 2.20. The zero-order valence-corrected chi connectivity index (χ0v) is 14.9. The Morgan fingerprint density at radius 1 is 1.33 bits per heavy atom. The molecule has 0 unspecified atom stereocenters. The summed E-state index contributed by atoms with van der Waals surface area (Å²) in [6.45, 7) is 3.41. The molecule has 3 aromatic rings. The van der Waals surface area contributed by atoms with Gasteiger partial charge >= 0.3 is 5.97 Å². The molecule has 3 aromatic heterocycles. The topological polar surface area (TPSA) is 79.1 Å². The van der Waals surface area contributed by atoms with Gasteiger partial charge in [0.15, 0.2) is 5.69 Å². The Balaban J connectivity index is 1.81. The third kappa shape index (κ3) is 4.36. The molecule has 0 N–H and O–H groups in total. The number of nitrogens with zero attached hydrogens (tertiary/aromatic N) is 4. The van der Waals surface area contributed by atoms with Crippen molar-refractivity contribution in [1.82, 2.24) is 19.7 Å². The summed E-state index contributed by atoms with van der Waals surface area (Å²) in [6.07, 6.45) is 2.08. The molecule has 0 aliphatic carbocycles. The molecule has 0 radical (unpaired) electrons. The number of hydrogen-bond donors (Lipinski definition) is 0. The number of aryl methyl sites for hydroxylation is 1. The van der Waals surface area contributed by atoms with Gasteiger partial charge in [0.25, 0.3) is 6.43 Å². The molecule has 7 nitrogen and oxygen atoms in total. The van der Waals surface area contributed by atoms with Crippen molar-refractivity contribution >= 4 is 16.9 Å². The van der Waals surface area contributed by atoms with E-state index in [4.69, 9.17) is 9.47 Å². The molecule has 9 heteroatoms. The van der Waals surface area contributed by atoms with Crippen LogP contribution in [0.1, 0.15) is 28.7 Å². The lowest BCUT2D eigenvalue weighted by Gasteiger charge is -2.09. The molecular weight excluding hydrogens is 358 g/mol. The minimum absolute atomic E-state index is 0.209. The van der Waals surface area contributed by atoms with Crippen LogP contribution in [0.3, 0.4) is 0 Å². The molecule has 0 saturated heterocycles. The van der Waals surface area contributed by atoms with Crippen LogP contribution >= 0.6 is 0 Å². The van der Waals surface area contributed by atoms with Crippen molar-refractivity contribution in [2.45, 2.75) is 26.8 Å². The fourth-order valence-corrected chi connectivity index (χ4v) is 2.59. The maximum Gasteiger partial charge on any atom is 0.357 e. The molecule has 0 bridgehead atoms. The second-order valence-electron chi connectivity index (χ2n) is 5.78. The third-order valence-electron chi connectivity index (χ3n) is 3.76. The third-order valence-corrected chi connectivity index (χ3v) is 3.76. The minimum atomic E-state index is -2.54. The summed E-state index contributed by atoms with van der Waals surface area (Å²) in [4.78, 5) is 20.3. The first-order valence-electron chi connectivity index (χ1n) is 8.33. The predicted octanol–water partition coefficient (Wildman–Crippen LogP) is 3.00. The average Bonchev–Trinajstić information content (AvgIpc) is 3.03. The molecule has 0 aliphatic heterocycles. The number of rotatable bonds is 7. The Morgan fingerprint density at radius 3 is 2.85 bits per heavy atom. The molecule has 0 atom stereocenters. The van der Waals surface area contributed by atoms with Crippen LogP contribution in [-0.4, -0.2) is 45.4 Å². The first-order valence-corrected chi connectivity index (χ1v) is 8.33. The smallest absolute Gasteiger partial charge is 0.357 e. The lowest BCUT2D eigenvalue weighted by Crippen LogP contribution is -2.09. The van der Waals surface area contributed by atoms with Gasteiger partial charge < -0.3 is 9.47 Å². The van der Waals surface area contributed by atoms with E-state index in [1.165, 1.54) is 12.4 Å². The predicted molar refractivity (Wildman–Crippen MR) is 93.1 cm³/mol. The molecule has 27 heavy (non-hydrogen) atoms. The van der Waals surface area contributed by atoms with Gasteiger partial charge in [-0.2, -0.15) is 5.10 Å². The number of alkyl halides is 2. The summed E-state index contributed by atoms with van der Waals surface area (Å²) >= 11 is 0. The minimum Gasteiger partial charge on any atom is -0.486 e. The summed E-state index contributed by atoms with van der Waals surface area (Å²) < 4.78 is 36.2. The van der Waals surface area contributed by atoms with E-state index in [-0.39, 0.29) is 12.3 Å². The highest BCUT2D eigenvalue weighted by Gasteiger charge is 2.15. The SMILES string of the molecule is CCOC(=O)c1nccc2nn(Cc3cc(C)c(OCC(F)F)cn3)cc12. The molecule has 142 valence electrons. The number of fused-ring (bicyclic) bond motifs is 1. The maximum absolute atomic E-state index is 12.3. The van der Waals surface area contributed by atoms with E-state index in [9.17, 15) is 13.6 Å². The summed E-state index contributed by atoms with van der Waals surface area (Å²) in [5.74, 6) is -0.185. The zero-order valence-electron chi connectivity index (χ0n) is 14.9. The number of esters is 1. The van der Waals surface area contributed by atoms with Crippen molar-refractivity contribution < 1.29 is 23.0 Å². The highest BCUT2D eigenvalue weighted by molar-refractivity contribution is 6.01. The lowest BCUT2D eigenvalue weighted by atomic mass is 10.2. The Labute approximate surface area is 153 Å². The highest BCUT2D eigenvalue weighted by atomic mass is 19.3. The first-order chi connectivity index (χ1) is 13.0. The largest absolute Gasteiger partial charge is 0.486 e. The van der Waals surface area contributed by atoms with Crippen LogP contribution in [-0.2, 0) is 11.3 Å². The van der Waals surface area contributed by atoms with Crippen molar-refractivity contribution in [2.24, 2.45) is 0 Å². The van der Waals surface area contributed by atoms with Crippen LogP contribution in [0.15, 0.2) is 30.7 Å². The average molecular weight is 376 g/mol. The normalized spacial score (nSPS) is 11.1. The fraction of sp³-hybridized carbons (Fsp3) is 0.333. The number of pyridine rings is 2. The van der Waals surface area contributed by atoms with Gasteiger partial charge in [0.1, 0.15) is 12.4 Å². The number of carbonyl (C=O) groups excluding carboxylic acids is 1. The number of hydrogen-bond acceptors (Lipinski definition) is 6. The number of carbonyl (C=O) groups is 1. The van der Waals surface area contributed by atoms with Gasteiger partial charge in [0.05, 0.1) is 35.9 Å². The van der Waals surface area contributed by atoms with Gasteiger partial charge in [-0.1, -0.05) is 0 Å². The summed E-state index contributed by atoms with van der Waals surface area (Å²) in [6, 6.07) is 3.45. The zero-order chi connectivity index (χ0) is 19.4. The molecule has 3 rings (SSSR count). The Morgan fingerprint density at radius 2 is 2.15 bits per heavy atom. The molecule has 3 heterocycles. The molecule has 0 aliphatic rings. The van der Waals surface area contributed by atoms with Crippen molar-refractivity contribution in [1.29, 1.82) is 0 Å². The summed E-state index contributed by atoms with van der Waals surface area (Å²) in [5, 5.41) is 5.01. The van der Waals surface area contributed by atoms with Crippen molar-refractivity contribution in [3.63, 3.8) is 0 Å². The van der Waals surface area contributed by atoms with Crippen LogP contribution < -0.4 is 4.74 Å². The quantitative estimate of drug-likeness (QED) is 0.590. The molecule has 0 fully saturated rings. The van der Waals surface area contributed by atoms with Crippen LogP contribution in [0, 0.1) is 6.92 Å².